The summed E-state index contributed by atoms with van der Waals surface area (Å²) in [7, 11) is 0. The standard InChI is InChI=1S/C27H33ClN2O4/c1-17-3-10-25-23(13-17)24(31)16-26(34-25)27(32)29-19-14-20-6-7-21(15-19)30(20)11-2-12-33-22-8-4-18(28)5-9-22/h3-5,8-10,13,19-21,24,26,31H,2,6-7,11-12,14-16H2,1H3,(H,29,32)/t19?,20-,21+,24-,26-/m1/s1. The van der Waals surface area contributed by atoms with Crippen molar-refractivity contribution < 1.29 is 19.4 Å². The highest BCUT2D eigenvalue weighted by molar-refractivity contribution is 6.30. The molecule has 5 atom stereocenters. The zero-order valence-electron chi connectivity index (χ0n) is 19.6. The van der Waals surface area contributed by atoms with Crippen molar-refractivity contribution in [2.24, 2.45) is 0 Å². The predicted molar refractivity (Wildman–Crippen MR) is 131 cm³/mol. The summed E-state index contributed by atoms with van der Waals surface area (Å²) in [5.74, 6) is 1.35. The zero-order valence-corrected chi connectivity index (χ0v) is 20.3. The lowest BCUT2D eigenvalue weighted by Crippen LogP contribution is -2.53. The van der Waals surface area contributed by atoms with E-state index in [1.165, 1.54) is 12.8 Å². The van der Waals surface area contributed by atoms with E-state index in [9.17, 15) is 9.90 Å². The van der Waals surface area contributed by atoms with Gasteiger partial charge >= 0.3 is 0 Å². The minimum Gasteiger partial charge on any atom is -0.494 e. The van der Waals surface area contributed by atoms with Crippen LogP contribution in [0.25, 0.3) is 0 Å². The third-order valence-electron chi connectivity index (χ3n) is 7.40. The molecule has 5 rings (SSSR count). The molecule has 7 heteroatoms. The minimum atomic E-state index is -0.674. The van der Waals surface area contributed by atoms with Crippen LogP contribution < -0.4 is 14.8 Å². The Hall–Kier alpha value is -2.28. The summed E-state index contributed by atoms with van der Waals surface area (Å²) in [6.45, 7) is 3.68. The fourth-order valence-corrected chi connectivity index (χ4v) is 5.87. The lowest BCUT2D eigenvalue weighted by atomic mass is 9.95. The summed E-state index contributed by atoms with van der Waals surface area (Å²) in [6.07, 6.45) is 4.23. The monoisotopic (exact) mass is 484 g/mol. The third-order valence-corrected chi connectivity index (χ3v) is 7.65. The quantitative estimate of drug-likeness (QED) is 0.569. The number of benzene rings is 2. The second-order valence-electron chi connectivity index (χ2n) is 9.85. The maximum Gasteiger partial charge on any atom is 0.261 e. The van der Waals surface area contributed by atoms with E-state index in [-0.39, 0.29) is 11.9 Å². The van der Waals surface area contributed by atoms with Crippen LogP contribution in [-0.2, 0) is 4.79 Å². The Morgan fingerprint density at radius 2 is 1.88 bits per heavy atom. The highest BCUT2D eigenvalue weighted by atomic mass is 35.5. The van der Waals surface area contributed by atoms with Crippen LogP contribution in [0, 0.1) is 6.92 Å². The molecule has 2 saturated heterocycles. The number of ether oxygens (including phenoxy) is 2. The van der Waals surface area contributed by atoms with Crippen LogP contribution in [0.5, 0.6) is 11.5 Å². The number of hydrogen-bond donors (Lipinski definition) is 2. The largest absolute Gasteiger partial charge is 0.494 e. The fraction of sp³-hybridized carbons (Fsp3) is 0.519. The van der Waals surface area contributed by atoms with Crippen LogP contribution in [0.4, 0.5) is 0 Å². The first kappa shape index (κ1) is 23.5. The molecule has 1 amide bonds. The molecule has 3 aliphatic rings. The van der Waals surface area contributed by atoms with Crippen molar-refractivity contribution >= 4 is 17.5 Å². The Balaban J connectivity index is 1.09. The van der Waals surface area contributed by atoms with E-state index in [1.54, 1.807) is 0 Å². The number of amides is 1. The Morgan fingerprint density at radius 1 is 1.15 bits per heavy atom. The number of rotatable bonds is 7. The van der Waals surface area contributed by atoms with Crippen LogP contribution in [0.2, 0.25) is 5.02 Å². The Kier molecular flexibility index (Phi) is 7.00. The van der Waals surface area contributed by atoms with E-state index in [0.29, 0.717) is 35.9 Å². The number of piperidine rings is 1. The van der Waals surface area contributed by atoms with Crippen LogP contribution in [-0.4, -0.2) is 53.3 Å². The molecule has 2 fully saturated rings. The fourth-order valence-electron chi connectivity index (χ4n) is 5.75. The number of halogens is 1. The van der Waals surface area contributed by atoms with Gasteiger partial charge in [0.25, 0.3) is 5.91 Å². The van der Waals surface area contributed by atoms with E-state index in [2.05, 4.69) is 10.2 Å². The van der Waals surface area contributed by atoms with Gasteiger partial charge in [0, 0.05) is 41.7 Å². The first-order valence-electron chi connectivity index (χ1n) is 12.4. The molecule has 3 heterocycles. The second-order valence-corrected chi connectivity index (χ2v) is 10.3. The van der Waals surface area contributed by atoms with Gasteiger partial charge in [0.15, 0.2) is 6.10 Å². The summed E-state index contributed by atoms with van der Waals surface area (Å²) in [5, 5.41) is 14.5. The van der Waals surface area contributed by atoms with Crippen molar-refractivity contribution in [3.05, 3.63) is 58.6 Å². The molecule has 6 nitrogen and oxygen atoms in total. The van der Waals surface area contributed by atoms with Gasteiger partial charge in [-0.2, -0.15) is 0 Å². The highest BCUT2D eigenvalue weighted by Crippen LogP contribution is 2.37. The van der Waals surface area contributed by atoms with Gasteiger partial charge < -0.3 is 19.9 Å². The van der Waals surface area contributed by atoms with Gasteiger partial charge in [0.1, 0.15) is 11.5 Å². The SMILES string of the molecule is Cc1ccc2c(c1)[C@H](O)C[C@H](C(=O)NC1C[C@H]3CC[C@@H](C1)N3CCCOc1ccc(Cl)cc1)O2. The number of nitrogens with zero attached hydrogens (tertiary/aromatic N) is 1. The van der Waals surface area contributed by atoms with Crippen molar-refractivity contribution in [3.8, 4) is 11.5 Å². The normalized spacial score (nSPS) is 28.1. The van der Waals surface area contributed by atoms with Gasteiger partial charge in [-0.15, -0.1) is 0 Å². The molecular formula is C27H33ClN2O4. The zero-order chi connectivity index (χ0) is 23.7. The number of aliphatic hydroxyl groups excluding tert-OH is 1. The Morgan fingerprint density at radius 3 is 2.62 bits per heavy atom. The van der Waals surface area contributed by atoms with Crippen LogP contribution in [0.3, 0.4) is 0 Å². The van der Waals surface area contributed by atoms with Gasteiger partial charge in [0.05, 0.1) is 12.7 Å². The predicted octanol–water partition coefficient (Wildman–Crippen LogP) is 4.41. The topological polar surface area (TPSA) is 71.0 Å². The number of carbonyl (C=O) groups is 1. The summed E-state index contributed by atoms with van der Waals surface area (Å²) in [4.78, 5) is 15.6. The van der Waals surface area contributed by atoms with Crippen LogP contribution in [0.1, 0.15) is 55.8 Å². The Bertz CT molecular complexity index is 1000. The van der Waals surface area contributed by atoms with Crippen molar-refractivity contribution in [2.75, 3.05) is 13.2 Å². The maximum absolute atomic E-state index is 13.0. The minimum absolute atomic E-state index is 0.112. The molecule has 2 aromatic rings. The highest BCUT2D eigenvalue weighted by Gasteiger charge is 2.41. The van der Waals surface area contributed by atoms with E-state index in [1.807, 2.05) is 49.4 Å². The second kappa shape index (κ2) is 10.1. The molecule has 34 heavy (non-hydrogen) atoms. The lowest BCUT2D eigenvalue weighted by molar-refractivity contribution is -0.131. The van der Waals surface area contributed by atoms with Crippen LogP contribution in [0.15, 0.2) is 42.5 Å². The van der Waals surface area contributed by atoms with Gasteiger partial charge in [-0.3, -0.25) is 9.69 Å². The molecule has 1 unspecified atom stereocenters. The van der Waals surface area contributed by atoms with E-state index in [4.69, 9.17) is 21.1 Å². The molecule has 0 radical (unpaired) electrons. The molecule has 182 valence electrons. The van der Waals surface area contributed by atoms with Gasteiger partial charge in [-0.25, -0.2) is 0 Å². The molecular weight excluding hydrogens is 452 g/mol. The molecule has 2 bridgehead atoms. The van der Waals surface area contributed by atoms with Crippen molar-refractivity contribution in [2.45, 2.75) is 75.8 Å². The average Bonchev–Trinajstić information content (AvgIpc) is 3.06. The number of nitrogens with one attached hydrogen (secondary N) is 1. The molecule has 2 aromatic carbocycles. The summed E-state index contributed by atoms with van der Waals surface area (Å²) in [6, 6.07) is 14.4. The third kappa shape index (κ3) is 5.19. The van der Waals surface area contributed by atoms with Crippen LogP contribution >= 0.6 is 11.6 Å². The van der Waals surface area contributed by atoms with E-state index >= 15 is 0 Å². The number of aryl methyl sites for hydroxylation is 1. The maximum atomic E-state index is 13.0. The molecule has 0 spiro atoms. The van der Waals surface area contributed by atoms with Gasteiger partial charge in [-0.1, -0.05) is 23.2 Å². The first-order chi connectivity index (χ1) is 16.5. The average molecular weight is 485 g/mol. The molecule has 0 saturated carbocycles. The molecule has 0 aliphatic carbocycles. The van der Waals surface area contributed by atoms with Gasteiger partial charge in [-0.05, 0) is 75.4 Å². The smallest absolute Gasteiger partial charge is 0.261 e. The van der Waals surface area contributed by atoms with Crippen molar-refractivity contribution in [1.82, 2.24) is 10.2 Å². The molecule has 2 N–H and O–H groups in total. The first-order valence-corrected chi connectivity index (χ1v) is 12.7. The van der Waals surface area contributed by atoms with Gasteiger partial charge in [0.2, 0.25) is 0 Å². The lowest BCUT2D eigenvalue weighted by Gasteiger charge is -2.40. The summed E-state index contributed by atoms with van der Waals surface area (Å²) >= 11 is 5.93. The van der Waals surface area contributed by atoms with E-state index < -0.39 is 12.2 Å². The number of fused-ring (bicyclic) bond motifs is 3. The van der Waals surface area contributed by atoms with Crippen molar-refractivity contribution in [3.63, 3.8) is 0 Å². The summed E-state index contributed by atoms with van der Waals surface area (Å²) in [5.41, 5.74) is 1.85. The molecule has 0 aromatic heterocycles. The Labute approximate surface area is 206 Å². The number of aliphatic hydroxyl groups is 1. The molecule has 3 aliphatic heterocycles. The summed E-state index contributed by atoms with van der Waals surface area (Å²) < 4.78 is 11.8. The number of carbonyl (C=O) groups excluding carboxylic acids is 1. The number of hydrogen-bond acceptors (Lipinski definition) is 5. The van der Waals surface area contributed by atoms with E-state index in [0.717, 1.165) is 42.7 Å². The van der Waals surface area contributed by atoms with Crippen molar-refractivity contribution in [1.29, 1.82) is 0 Å².